The number of halogens is 4. The monoisotopic (exact) mass is 532 g/mol. The number of hydrogen-bond acceptors (Lipinski definition) is 4. The molecule has 9 heteroatoms. The van der Waals surface area contributed by atoms with Crippen molar-refractivity contribution in [2.24, 2.45) is 0 Å². The van der Waals surface area contributed by atoms with Crippen molar-refractivity contribution in [1.29, 1.82) is 0 Å². The van der Waals surface area contributed by atoms with E-state index in [1.165, 1.54) is 12.1 Å². The van der Waals surface area contributed by atoms with Crippen LogP contribution in [0, 0.1) is 0 Å². The molecule has 0 saturated carbocycles. The maximum absolute atomic E-state index is 12.9. The molecule has 0 radical (unpaired) electrons. The molecule has 0 spiro atoms. The van der Waals surface area contributed by atoms with Gasteiger partial charge in [0.2, 0.25) is 0 Å². The highest BCUT2D eigenvalue weighted by Crippen LogP contribution is 2.30. The summed E-state index contributed by atoms with van der Waals surface area (Å²) in [6.07, 6.45) is -4.69. The number of amides is 1. The molecule has 3 aromatic carbocycles. The van der Waals surface area contributed by atoms with Crippen LogP contribution in [0.15, 0.2) is 72.8 Å². The van der Waals surface area contributed by atoms with Gasteiger partial charge >= 0.3 is 6.18 Å². The molecular weight excluding hydrogens is 505 g/mol. The van der Waals surface area contributed by atoms with E-state index in [4.69, 9.17) is 21.1 Å². The van der Waals surface area contributed by atoms with Crippen LogP contribution in [0.4, 0.5) is 13.2 Å². The molecule has 37 heavy (non-hydrogen) atoms. The van der Waals surface area contributed by atoms with E-state index in [-0.39, 0.29) is 18.6 Å². The molecule has 1 unspecified atom stereocenters. The zero-order valence-electron chi connectivity index (χ0n) is 20.4. The largest absolute Gasteiger partial charge is 0.497 e. The summed E-state index contributed by atoms with van der Waals surface area (Å²) in [5.74, 6) is 0.604. The van der Waals surface area contributed by atoms with Gasteiger partial charge in [-0.15, -0.1) is 0 Å². The number of carbonyl (C=O) groups excluding carboxylic acids is 1. The number of rotatable bonds is 8. The first-order valence-corrected chi connectivity index (χ1v) is 12.3. The minimum absolute atomic E-state index is 0.0358. The number of methoxy groups -OCH3 is 1. The molecule has 196 valence electrons. The highest BCUT2D eigenvalue weighted by atomic mass is 35.5. The number of carbonyl (C=O) groups is 1. The Morgan fingerprint density at radius 1 is 0.973 bits per heavy atom. The summed E-state index contributed by atoms with van der Waals surface area (Å²) in [5, 5.41) is 0.606. The highest BCUT2D eigenvalue weighted by Gasteiger charge is 2.30. The number of alkyl halides is 3. The molecule has 1 fully saturated rings. The molecule has 1 aliphatic rings. The number of hydrogen-bond donors (Lipinski definition) is 0. The van der Waals surface area contributed by atoms with Gasteiger partial charge < -0.3 is 14.4 Å². The van der Waals surface area contributed by atoms with E-state index in [0.717, 1.165) is 17.7 Å². The molecule has 3 aromatic rings. The van der Waals surface area contributed by atoms with Gasteiger partial charge in [0.1, 0.15) is 5.75 Å². The Bertz CT molecular complexity index is 1180. The van der Waals surface area contributed by atoms with Crippen molar-refractivity contribution in [2.45, 2.75) is 18.9 Å². The summed E-state index contributed by atoms with van der Waals surface area (Å²) >= 11 is 6.06. The molecule has 1 heterocycles. The highest BCUT2D eigenvalue weighted by molar-refractivity contribution is 6.30. The number of ether oxygens (including phenoxy) is 2. The van der Waals surface area contributed by atoms with Crippen molar-refractivity contribution in [3.05, 3.63) is 100 Å². The minimum atomic E-state index is -4.37. The Morgan fingerprint density at radius 2 is 1.65 bits per heavy atom. The standard InChI is InChI=1S/C28H28ClF3N2O3/c1-36-25-4-2-3-22(17-25)27(35)34-15-13-33(14-16-34)18-26(21-7-11-24(29)12-8-21)37-19-20-5-9-23(10-6-20)28(30,31)32/h2-12,17,26H,13-16,18-19H2,1H3. The summed E-state index contributed by atoms with van der Waals surface area (Å²) in [6, 6.07) is 19.5. The van der Waals surface area contributed by atoms with Crippen LogP contribution in [0.1, 0.15) is 33.2 Å². The third-order valence-corrected chi connectivity index (χ3v) is 6.63. The van der Waals surface area contributed by atoms with Crippen LogP contribution in [0.5, 0.6) is 5.75 Å². The van der Waals surface area contributed by atoms with Crippen LogP contribution >= 0.6 is 11.6 Å². The SMILES string of the molecule is COc1cccc(C(=O)N2CCN(CC(OCc3ccc(C(F)(F)F)cc3)c3ccc(Cl)cc3)CC2)c1. The van der Waals surface area contributed by atoms with Crippen molar-refractivity contribution in [3.8, 4) is 5.75 Å². The Kier molecular flexibility index (Phi) is 8.74. The molecule has 1 atom stereocenters. The second-order valence-electron chi connectivity index (χ2n) is 8.87. The fraction of sp³-hybridized carbons (Fsp3) is 0.321. The lowest BCUT2D eigenvalue weighted by atomic mass is 10.1. The third kappa shape index (κ3) is 7.25. The van der Waals surface area contributed by atoms with Gasteiger partial charge in [-0.05, 0) is 53.6 Å². The summed E-state index contributed by atoms with van der Waals surface area (Å²) < 4.78 is 50.1. The smallest absolute Gasteiger partial charge is 0.416 e. The molecule has 1 saturated heterocycles. The van der Waals surface area contributed by atoms with Gasteiger partial charge in [-0.1, -0.05) is 41.9 Å². The fourth-order valence-corrected chi connectivity index (χ4v) is 4.35. The summed E-state index contributed by atoms with van der Waals surface area (Å²) in [7, 11) is 1.57. The predicted molar refractivity (Wildman–Crippen MR) is 136 cm³/mol. The van der Waals surface area contributed by atoms with Crippen molar-refractivity contribution in [1.82, 2.24) is 9.80 Å². The zero-order chi connectivity index (χ0) is 26.4. The van der Waals surface area contributed by atoms with Gasteiger partial charge in [0.05, 0.1) is 25.4 Å². The fourth-order valence-electron chi connectivity index (χ4n) is 4.23. The van der Waals surface area contributed by atoms with Crippen LogP contribution < -0.4 is 4.74 Å². The maximum atomic E-state index is 12.9. The normalized spacial score (nSPS) is 15.4. The van der Waals surface area contributed by atoms with Crippen LogP contribution in [0.3, 0.4) is 0 Å². The van der Waals surface area contributed by atoms with Crippen LogP contribution in [0.25, 0.3) is 0 Å². The molecule has 0 N–H and O–H groups in total. The Morgan fingerprint density at radius 3 is 2.27 bits per heavy atom. The van der Waals surface area contributed by atoms with Crippen LogP contribution in [0.2, 0.25) is 5.02 Å². The lowest BCUT2D eigenvalue weighted by Crippen LogP contribution is -2.49. The number of benzene rings is 3. The quantitative estimate of drug-likeness (QED) is 0.352. The molecule has 0 aliphatic carbocycles. The zero-order valence-corrected chi connectivity index (χ0v) is 21.1. The van der Waals surface area contributed by atoms with Gasteiger partial charge in [-0.2, -0.15) is 13.2 Å². The average molecular weight is 533 g/mol. The topological polar surface area (TPSA) is 42.0 Å². The van der Waals surface area contributed by atoms with E-state index < -0.39 is 11.7 Å². The van der Waals surface area contributed by atoms with Crippen LogP contribution in [-0.4, -0.2) is 55.5 Å². The Hall–Kier alpha value is -3.07. The number of nitrogens with zero attached hydrogens (tertiary/aromatic N) is 2. The second-order valence-corrected chi connectivity index (χ2v) is 9.31. The molecule has 0 bridgehead atoms. The van der Waals surface area contributed by atoms with E-state index in [2.05, 4.69) is 4.90 Å². The lowest BCUT2D eigenvalue weighted by molar-refractivity contribution is -0.137. The third-order valence-electron chi connectivity index (χ3n) is 6.37. The molecule has 0 aromatic heterocycles. The van der Waals surface area contributed by atoms with Gasteiger partial charge in [0, 0.05) is 43.3 Å². The van der Waals surface area contributed by atoms with E-state index in [1.54, 1.807) is 43.5 Å². The molecule has 1 aliphatic heterocycles. The first-order chi connectivity index (χ1) is 17.7. The molecular formula is C28H28ClF3N2O3. The molecule has 4 rings (SSSR count). The predicted octanol–water partition coefficient (Wildman–Crippen LogP) is 6.08. The average Bonchev–Trinajstić information content (AvgIpc) is 2.91. The van der Waals surface area contributed by atoms with E-state index in [0.29, 0.717) is 54.6 Å². The summed E-state index contributed by atoms with van der Waals surface area (Å²) in [5.41, 5.74) is 1.48. The lowest BCUT2D eigenvalue weighted by Gasteiger charge is -2.36. The minimum Gasteiger partial charge on any atom is -0.497 e. The van der Waals surface area contributed by atoms with E-state index >= 15 is 0 Å². The van der Waals surface area contributed by atoms with Gasteiger partial charge in [0.25, 0.3) is 5.91 Å². The Labute approximate surface area is 219 Å². The maximum Gasteiger partial charge on any atom is 0.416 e. The summed E-state index contributed by atoms with van der Waals surface area (Å²) in [6.45, 7) is 3.22. The van der Waals surface area contributed by atoms with Gasteiger partial charge in [-0.3, -0.25) is 9.69 Å². The summed E-state index contributed by atoms with van der Waals surface area (Å²) in [4.78, 5) is 17.0. The van der Waals surface area contributed by atoms with Crippen molar-refractivity contribution in [2.75, 3.05) is 39.8 Å². The van der Waals surface area contributed by atoms with Gasteiger partial charge in [-0.25, -0.2) is 0 Å². The van der Waals surface area contributed by atoms with Crippen LogP contribution in [-0.2, 0) is 17.5 Å². The van der Waals surface area contributed by atoms with Crippen molar-refractivity contribution < 1.29 is 27.4 Å². The first kappa shape index (κ1) is 27.0. The van der Waals surface area contributed by atoms with Gasteiger partial charge in [0.15, 0.2) is 0 Å². The molecule has 5 nitrogen and oxygen atoms in total. The van der Waals surface area contributed by atoms with Crippen molar-refractivity contribution >= 4 is 17.5 Å². The second kappa shape index (κ2) is 12.0. The Balaban J connectivity index is 1.38. The van der Waals surface area contributed by atoms with E-state index in [9.17, 15) is 18.0 Å². The first-order valence-electron chi connectivity index (χ1n) is 11.9. The van der Waals surface area contributed by atoms with E-state index in [1.807, 2.05) is 17.0 Å². The van der Waals surface area contributed by atoms with Crippen molar-refractivity contribution in [3.63, 3.8) is 0 Å². The number of piperazine rings is 1. The molecule has 1 amide bonds.